The molecule has 1 aliphatic carbocycles. The quantitative estimate of drug-likeness (QED) is 0.151. The lowest BCUT2D eigenvalue weighted by Gasteiger charge is -2.34. The van der Waals surface area contributed by atoms with E-state index in [9.17, 15) is 0 Å². The van der Waals surface area contributed by atoms with Crippen LogP contribution in [-0.4, -0.2) is 0 Å². The molecule has 254 valence electrons. The van der Waals surface area contributed by atoms with E-state index in [-0.39, 0.29) is 5.92 Å². The van der Waals surface area contributed by atoms with Crippen molar-refractivity contribution in [1.82, 2.24) is 0 Å². The number of hydrogen-bond donors (Lipinski definition) is 0. The lowest BCUT2D eigenvalue weighted by atomic mass is 9.69. The normalized spacial score (nSPS) is 15.4. The zero-order valence-corrected chi connectivity index (χ0v) is 30.7. The Morgan fingerprint density at radius 3 is 1.90 bits per heavy atom. The van der Waals surface area contributed by atoms with Crippen molar-refractivity contribution >= 4 is 5.57 Å². The van der Waals surface area contributed by atoms with Gasteiger partial charge in [0.2, 0.25) is 0 Å². The van der Waals surface area contributed by atoms with E-state index >= 15 is 0 Å². The summed E-state index contributed by atoms with van der Waals surface area (Å²) in [4.78, 5) is 0. The van der Waals surface area contributed by atoms with Gasteiger partial charge >= 0.3 is 0 Å². The summed E-state index contributed by atoms with van der Waals surface area (Å²) in [6.07, 6.45) is 1.01. The molecular weight excluding hydrogens is 625 g/mol. The summed E-state index contributed by atoms with van der Waals surface area (Å²) in [5, 5.41) is 0. The Balaban J connectivity index is 1.16. The van der Waals surface area contributed by atoms with Crippen LogP contribution in [0.5, 0.6) is 0 Å². The Morgan fingerprint density at radius 2 is 1.17 bits per heavy atom. The molecule has 0 fully saturated rings. The highest BCUT2D eigenvalue weighted by molar-refractivity contribution is 5.84. The van der Waals surface area contributed by atoms with E-state index in [4.69, 9.17) is 0 Å². The number of rotatable bonds is 8. The van der Waals surface area contributed by atoms with Crippen LogP contribution in [0.15, 0.2) is 170 Å². The molecule has 3 atom stereocenters. The number of fused-ring (bicyclic) bond motifs is 3. The van der Waals surface area contributed by atoms with Crippen LogP contribution in [-0.2, 0) is 6.42 Å². The number of benzene rings is 7. The summed E-state index contributed by atoms with van der Waals surface area (Å²) in [6.45, 7) is 13.6. The average Bonchev–Trinajstić information content (AvgIpc) is 3.18. The van der Waals surface area contributed by atoms with Gasteiger partial charge in [0.15, 0.2) is 0 Å². The molecule has 0 bridgehead atoms. The van der Waals surface area contributed by atoms with Crippen LogP contribution in [0.4, 0.5) is 0 Å². The fraction of sp³-hybridized carbons (Fsp3) is 0.154. The minimum absolute atomic E-state index is 0.272. The van der Waals surface area contributed by atoms with E-state index in [1.54, 1.807) is 0 Å². The minimum atomic E-state index is 0.272. The molecule has 0 aliphatic heterocycles. The molecule has 7 aromatic carbocycles. The molecule has 0 saturated heterocycles. The van der Waals surface area contributed by atoms with Crippen LogP contribution >= 0.6 is 0 Å². The maximum absolute atomic E-state index is 4.47. The molecule has 0 heteroatoms. The second-order valence-corrected chi connectivity index (χ2v) is 14.8. The van der Waals surface area contributed by atoms with Gasteiger partial charge in [-0.25, -0.2) is 0 Å². The Hall–Kier alpha value is -5.72. The second kappa shape index (κ2) is 14.1. The summed E-state index contributed by atoms with van der Waals surface area (Å²) in [5.41, 5.74) is 20.8. The van der Waals surface area contributed by atoms with Crippen LogP contribution in [0.3, 0.4) is 0 Å². The molecule has 3 unspecified atom stereocenters. The predicted molar refractivity (Wildman–Crippen MR) is 222 cm³/mol. The Morgan fingerprint density at radius 1 is 0.558 bits per heavy atom. The van der Waals surface area contributed by atoms with Crippen molar-refractivity contribution in [2.45, 2.75) is 51.9 Å². The van der Waals surface area contributed by atoms with Gasteiger partial charge in [0, 0.05) is 5.92 Å². The van der Waals surface area contributed by atoms with Crippen LogP contribution in [0.25, 0.3) is 39.0 Å². The van der Waals surface area contributed by atoms with Gasteiger partial charge < -0.3 is 0 Å². The zero-order chi connectivity index (χ0) is 35.8. The van der Waals surface area contributed by atoms with Gasteiger partial charge in [-0.1, -0.05) is 172 Å². The fourth-order valence-electron chi connectivity index (χ4n) is 8.61. The molecular formula is C52H46. The van der Waals surface area contributed by atoms with Crippen molar-refractivity contribution in [3.63, 3.8) is 0 Å². The number of hydrogen-bond acceptors (Lipinski definition) is 0. The fourth-order valence-corrected chi connectivity index (χ4v) is 8.61. The molecule has 0 N–H and O–H groups in total. The molecule has 8 rings (SSSR count). The third-order valence-corrected chi connectivity index (χ3v) is 11.5. The maximum Gasteiger partial charge on any atom is 0.0162 e. The lowest BCUT2D eigenvalue weighted by molar-refractivity contribution is 0.649. The van der Waals surface area contributed by atoms with Gasteiger partial charge in [-0.2, -0.15) is 0 Å². The Labute approximate surface area is 310 Å². The second-order valence-electron chi connectivity index (χ2n) is 14.8. The molecule has 52 heavy (non-hydrogen) atoms. The summed E-state index contributed by atoms with van der Waals surface area (Å²) >= 11 is 0. The van der Waals surface area contributed by atoms with Crippen molar-refractivity contribution in [3.05, 3.63) is 220 Å². The summed E-state index contributed by atoms with van der Waals surface area (Å²) in [6, 6.07) is 60.8. The first-order chi connectivity index (χ1) is 25.4. The smallest absolute Gasteiger partial charge is 0.0162 e. The van der Waals surface area contributed by atoms with Crippen molar-refractivity contribution in [2.75, 3.05) is 0 Å². The first kappa shape index (κ1) is 33.4. The van der Waals surface area contributed by atoms with Crippen LogP contribution in [0, 0.1) is 13.8 Å². The molecule has 0 heterocycles. The Bertz CT molecular complexity index is 2390. The Kier molecular flexibility index (Phi) is 9.08. The molecule has 0 aromatic heterocycles. The highest BCUT2D eigenvalue weighted by atomic mass is 14.4. The third kappa shape index (κ3) is 6.24. The van der Waals surface area contributed by atoms with Gasteiger partial charge in [-0.3, -0.25) is 0 Å². The first-order valence-electron chi connectivity index (χ1n) is 18.7. The zero-order valence-electron chi connectivity index (χ0n) is 30.7. The molecule has 0 nitrogen and oxygen atoms in total. The minimum Gasteiger partial charge on any atom is -0.0905 e. The topological polar surface area (TPSA) is 0 Å². The van der Waals surface area contributed by atoms with Crippen molar-refractivity contribution in [1.29, 1.82) is 0 Å². The van der Waals surface area contributed by atoms with Gasteiger partial charge in [0.25, 0.3) is 0 Å². The predicted octanol–water partition coefficient (Wildman–Crippen LogP) is 14.0. The summed E-state index contributed by atoms with van der Waals surface area (Å²) < 4.78 is 0. The molecule has 0 radical (unpaired) electrons. The van der Waals surface area contributed by atoms with Crippen LogP contribution < -0.4 is 0 Å². The van der Waals surface area contributed by atoms with E-state index < -0.39 is 0 Å². The van der Waals surface area contributed by atoms with Gasteiger partial charge in [-0.15, -0.1) is 0 Å². The lowest BCUT2D eigenvalue weighted by Crippen LogP contribution is -2.17. The van der Waals surface area contributed by atoms with Gasteiger partial charge in [0.1, 0.15) is 0 Å². The molecule has 1 aliphatic rings. The SMILES string of the molecule is C=C(c1ccc(C2c3ccccc3-c3cc(-c4ccc(C(C)Cc5ccccc5)c(-c5ccccc5C)c4)ccc3C2C)cc1)c1ccccc1C. The highest BCUT2D eigenvalue weighted by Crippen LogP contribution is 2.51. The van der Waals surface area contributed by atoms with Crippen molar-refractivity contribution < 1.29 is 0 Å². The van der Waals surface area contributed by atoms with E-state index in [0.29, 0.717) is 11.8 Å². The molecule has 7 aromatic rings. The van der Waals surface area contributed by atoms with E-state index in [1.807, 2.05) is 0 Å². The van der Waals surface area contributed by atoms with Crippen LogP contribution in [0.1, 0.15) is 81.7 Å². The van der Waals surface area contributed by atoms with E-state index in [1.165, 1.54) is 83.5 Å². The molecule has 0 saturated carbocycles. The largest absolute Gasteiger partial charge is 0.0905 e. The van der Waals surface area contributed by atoms with Gasteiger partial charge in [-0.05, 0) is 133 Å². The molecule has 0 spiro atoms. The average molecular weight is 671 g/mol. The molecule has 0 amide bonds. The third-order valence-electron chi connectivity index (χ3n) is 11.5. The van der Waals surface area contributed by atoms with Crippen molar-refractivity contribution in [3.8, 4) is 33.4 Å². The summed E-state index contributed by atoms with van der Waals surface area (Å²) in [5.74, 6) is 0.982. The van der Waals surface area contributed by atoms with Gasteiger partial charge in [0.05, 0.1) is 0 Å². The first-order valence-corrected chi connectivity index (χ1v) is 18.7. The standard InChI is InChI=1S/C52H46/c1-34-15-9-11-19-44(34)37(4)40-23-25-41(26-24-40)52-38(5)47-30-28-43(33-51(47)48-21-13-14-22-49(48)52)42-27-29-46(36(3)31-39-17-7-6-8-18-39)50(32-42)45-20-12-10-16-35(45)2/h6-30,32-33,36,38,52H,4,31H2,1-3,5H3. The van der Waals surface area contributed by atoms with E-state index in [0.717, 1.165) is 12.0 Å². The maximum atomic E-state index is 4.47. The van der Waals surface area contributed by atoms with E-state index in [2.05, 4.69) is 198 Å². The monoisotopic (exact) mass is 670 g/mol. The van der Waals surface area contributed by atoms with Crippen LogP contribution in [0.2, 0.25) is 0 Å². The number of aryl methyl sites for hydroxylation is 2. The highest BCUT2D eigenvalue weighted by Gasteiger charge is 2.32. The van der Waals surface area contributed by atoms with Crippen molar-refractivity contribution in [2.24, 2.45) is 0 Å². The summed E-state index contributed by atoms with van der Waals surface area (Å²) in [7, 11) is 0.